The van der Waals surface area contributed by atoms with E-state index in [1.165, 1.54) is 6.07 Å². The van der Waals surface area contributed by atoms with Gasteiger partial charge in [0.25, 0.3) is 0 Å². The number of carbonyl (C=O) groups is 3. The maximum Gasteiger partial charge on any atom is 0.341 e. The van der Waals surface area contributed by atoms with Crippen LogP contribution < -0.4 is 4.74 Å². The minimum Gasteiger partial charge on any atom is -0.507 e. The van der Waals surface area contributed by atoms with Crippen LogP contribution in [0.25, 0.3) is 0 Å². The first-order chi connectivity index (χ1) is 19.5. The normalized spacial score (nSPS) is 11.6. The van der Waals surface area contributed by atoms with Crippen LogP contribution in [0.1, 0.15) is 103 Å². The van der Waals surface area contributed by atoms with Crippen LogP contribution >= 0.6 is 0 Å². The van der Waals surface area contributed by atoms with Gasteiger partial charge in [0.15, 0.2) is 11.6 Å². The summed E-state index contributed by atoms with van der Waals surface area (Å²) in [6, 6.07) is 20.7. The minimum absolute atomic E-state index is 0.0240. The number of Topliss-reactive ketones (excluding diaryl/α,β-unsaturated/α-hetero) is 2. The fourth-order valence-corrected chi connectivity index (χ4v) is 4.10. The maximum atomic E-state index is 12.3. The highest BCUT2D eigenvalue weighted by atomic mass is 16.5. The highest BCUT2D eigenvalue weighted by Gasteiger charge is 2.17. The SMILES string of the molecule is CCCCC(CC)COC(=O)c1ccccc1O.COc1ccc(C(=O)CC(=O)c2ccc(C(C)(C)C)cc2)cc1. The largest absolute Gasteiger partial charge is 0.507 e. The molecular weight excluding hydrogens is 516 g/mol. The van der Waals surface area contributed by atoms with Crippen LogP contribution in [-0.2, 0) is 10.2 Å². The molecule has 0 bridgehead atoms. The van der Waals surface area contributed by atoms with Crippen molar-refractivity contribution >= 4 is 17.5 Å². The van der Waals surface area contributed by atoms with Gasteiger partial charge in [-0.15, -0.1) is 0 Å². The molecule has 3 aromatic carbocycles. The van der Waals surface area contributed by atoms with Gasteiger partial charge in [-0.3, -0.25) is 9.59 Å². The van der Waals surface area contributed by atoms with Gasteiger partial charge in [-0.25, -0.2) is 4.79 Å². The molecule has 0 aliphatic heterocycles. The number of phenols is 1. The van der Waals surface area contributed by atoms with Crippen LogP contribution in [0.4, 0.5) is 0 Å². The second kappa shape index (κ2) is 16.4. The topological polar surface area (TPSA) is 89.9 Å². The summed E-state index contributed by atoms with van der Waals surface area (Å²) < 4.78 is 10.3. The van der Waals surface area contributed by atoms with Crippen LogP contribution in [0.3, 0.4) is 0 Å². The van der Waals surface area contributed by atoms with E-state index in [2.05, 4.69) is 34.6 Å². The third-order valence-corrected chi connectivity index (χ3v) is 6.92. The molecule has 0 aliphatic carbocycles. The van der Waals surface area contributed by atoms with Crippen molar-refractivity contribution < 1.29 is 29.0 Å². The van der Waals surface area contributed by atoms with E-state index in [9.17, 15) is 19.5 Å². The van der Waals surface area contributed by atoms with Crippen molar-refractivity contribution in [3.05, 3.63) is 95.1 Å². The van der Waals surface area contributed by atoms with E-state index >= 15 is 0 Å². The number of esters is 1. The molecule has 0 heterocycles. The number of rotatable bonds is 12. The smallest absolute Gasteiger partial charge is 0.341 e. The van der Waals surface area contributed by atoms with Gasteiger partial charge in [0, 0.05) is 11.1 Å². The predicted octanol–water partition coefficient (Wildman–Crippen LogP) is 8.21. The van der Waals surface area contributed by atoms with Gasteiger partial charge in [-0.1, -0.05) is 90.3 Å². The van der Waals surface area contributed by atoms with E-state index in [1.54, 1.807) is 61.7 Å². The molecule has 1 atom stereocenters. The molecule has 0 fully saturated rings. The van der Waals surface area contributed by atoms with Crippen LogP contribution in [-0.4, -0.2) is 36.4 Å². The lowest BCUT2D eigenvalue weighted by Crippen LogP contribution is -2.14. The molecule has 1 N–H and O–H groups in total. The summed E-state index contributed by atoms with van der Waals surface area (Å²) in [6.45, 7) is 11.1. The van der Waals surface area contributed by atoms with E-state index in [4.69, 9.17) is 9.47 Å². The van der Waals surface area contributed by atoms with Gasteiger partial charge >= 0.3 is 5.97 Å². The summed E-state index contributed by atoms with van der Waals surface area (Å²) in [5, 5.41) is 9.54. The number of phenolic OH excluding ortho intramolecular Hbond substituents is 1. The van der Waals surface area contributed by atoms with Gasteiger partial charge < -0.3 is 14.6 Å². The Hall–Kier alpha value is -3.93. The van der Waals surface area contributed by atoms with Crippen molar-refractivity contribution in [2.75, 3.05) is 13.7 Å². The van der Waals surface area contributed by atoms with Crippen molar-refractivity contribution in [2.24, 2.45) is 5.92 Å². The third kappa shape index (κ3) is 10.9. The number of aromatic hydroxyl groups is 1. The molecule has 0 amide bonds. The van der Waals surface area contributed by atoms with Crippen LogP contribution in [0, 0.1) is 5.92 Å². The highest BCUT2D eigenvalue weighted by molar-refractivity contribution is 6.13. The fourth-order valence-electron chi connectivity index (χ4n) is 4.10. The van der Waals surface area contributed by atoms with Crippen LogP contribution in [0.5, 0.6) is 11.5 Å². The first-order valence-electron chi connectivity index (χ1n) is 14.3. The van der Waals surface area contributed by atoms with E-state index in [0.717, 1.165) is 31.2 Å². The van der Waals surface area contributed by atoms with E-state index in [1.807, 2.05) is 12.1 Å². The number of ether oxygens (including phenoxy) is 2. The Labute approximate surface area is 244 Å². The van der Waals surface area contributed by atoms with Gasteiger partial charge in [-0.05, 0) is 59.7 Å². The minimum atomic E-state index is -0.442. The first-order valence-corrected chi connectivity index (χ1v) is 14.3. The van der Waals surface area contributed by atoms with Gasteiger partial charge in [0.1, 0.15) is 17.1 Å². The second-order valence-electron chi connectivity index (χ2n) is 11.1. The maximum absolute atomic E-state index is 12.3. The molecule has 1 unspecified atom stereocenters. The third-order valence-electron chi connectivity index (χ3n) is 6.92. The Morgan fingerprint density at radius 2 is 1.39 bits per heavy atom. The lowest BCUT2D eigenvalue weighted by atomic mass is 9.86. The van der Waals surface area contributed by atoms with Crippen molar-refractivity contribution in [1.82, 2.24) is 0 Å². The Morgan fingerprint density at radius 1 is 0.829 bits per heavy atom. The van der Waals surface area contributed by atoms with Crippen molar-refractivity contribution in [2.45, 2.75) is 72.1 Å². The zero-order valence-corrected chi connectivity index (χ0v) is 25.2. The fraction of sp³-hybridized carbons (Fsp3) is 0.400. The summed E-state index contributed by atoms with van der Waals surface area (Å²) in [7, 11) is 1.57. The molecule has 3 rings (SSSR count). The molecule has 0 spiro atoms. The average molecular weight is 561 g/mol. The van der Waals surface area contributed by atoms with E-state index in [0.29, 0.717) is 29.4 Å². The molecule has 41 heavy (non-hydrogen) atoms. The molecule has 0 aliphatic rings. The van der Waals surface area contributed by atoms with Crippen molar-refractivity contribution in [1.29, 1.82) is 0 Å². The lowest BCUT2D eigenvalue weighted by molar-refractivity contribution is 0.0424. The van der Waals surface area contributed by atoms with Gasteiger partial charge in [0.2, 0.25) is 0 Å². The van der Waals surface area contributed by atoms with Gasteiger partial charge in [-0.2, -0.15) is 0 Å². The number of hydrogen-bond acceptors (Lipinski definition) is 6. The molecule has 6 nitrogen and oxygen atoms in total. The van der Waals surface area contributed by atoms with E-state index in [-0.39, 0.29) is 34.7 Å². The van der Waals surface area contributed by atoms with Crippen molar-refractivity contribution in [3.8, 4) is 11.5 Å². The quantitative estimate of drug-likeness (QED) is 0.136. The molecule has 3 aromatic rings. The number of para-hydroxylation sites is 1. The number of methoxy groups -OCH3 is 1. The molecule has 220 valence electrons. The second-order valence-corrected chi connectivity index (χ2v) is 11.1. The number of hydrogen-bond donors (Lipinski definition) is 1. The molecule has 0 saturated heterocycles. The molecule has 6 heteroatoms. The number of unbranched alkanes of at least 4 members (excludes halogenated alkanes) is 1. The Kier molecular flexibility index (Phi) is 13.3. The monoisotopic (exact) mass is 560 g/mol. The Morgan fingerprint density at radius 3 is 1.88 bits per heavy atom. The summed E-state index contributed by atoms with van der Waals surface area (Å²) in [5.41, 5.74) is 2.53. The predicted molar refractivity (Wildman–Crippen MR) is 163 cm³/mol. The molecular formula is C35H44O6. The number of carbonyl (C=O) groups excluding carboxylic acids is 3. The Bertz CT molecular complexity index is 1250. The van der Waals surface area contributed by atoms with Gasteiger partial charge in [0.05, 0.1) is 20.1 Å². The summed E-state index contributed by atoms with van der Waals surface area (Å²) >= 11 is 0. The van der Waals surface area contributed by atoms with Crippen LogP contribution in [0.15, 0.2) is 72.8 Å². The number of ketones is 2. The molecule has 0 radical (unpaired) electrons. The standard InChI is InChI=1S/C20H22O3.C15H22O3/c1-20(2,3)16-9-5-14(6-10-16)18(21)13-19(22)15-7-11-17(23-4)12-8-15;1-3-5-8-12(4-2)11-18-15(17)13-9-6-7-10-14(13)16/h5-12H,13H2,1-4H3;6-7,9-10,12,16H,3-5,8,11H2,1-2H3. The summed E-state index contributed by atoms with van der Waals surface area (Å²) in [6.07, 6.45) is 4.28. The number of benzene rings is 3. The average Bonchev–Trinajstić information content (AvgIpc) is 2.97. The van der Waals surface area contributed by atoms with Crippen molar-refractivity contribution in [3.63, 3.8) is 0 Å². The highest BCUT2D eigenvalue weighted by Crippen LogP contribution is 2.23. The van der Waals surface area contributed by atoms with E-state index < -0.39 is 5.97 Å². The molecule has 0 aromatic heterocycles. The molecule has 0 saturated carbocycles. The lowest BCUT2D eigenvalue weighted by Gasteiger charge is -2.18. The zero-order chi connectivity index (χ0) is 30.4. The Balaban J connectivity index is 0.000000296. The van der Waals surface area contributed by atoms with Crippen LogP contribution in [0.2, 0.25) is 0 Å². The summed E-state index contributed by atoms with van der Waals surface area (Å²) in [4.78, 5) is 36.2. The first kappa shape index (κ1) is 33.3. The zero-order valence-electron chi connectivity index (χ0n) is 25.2. The summed E-state index contributed by atoms with van der Waals surface area (Å²) in [5.74, 6) is 0.293.